The maximum Gasteiger partial charge on any atom is 0.256 e. The van der Waals surface area contributed by atoms with Crippen LogP contribution in [0.3, 0.4) is 0 Å². The molecule has 0 bridgehead atoms. The summed E-state index contributed by atoms with van der Waals surface area (Å²) in [5.41, 5.74) is 2.23. The third kappa shape index (κ3) is 4.86. The van der Waals surface area contributed by atoms with Gasteiger partial charge in [-0.05, 0) is 66.8 Å². The van der Waals surface area contributed by atoms with E-state index in [0.29, 0.717) is 28.6 Å². The summed E-state index contributed by atoms with van der Waals surface area (Å²) >= 11 is 1.50. The molecule has 1 heterocycles. The van der Waals surface area contributed by atoms with Gasteiger partial charge in [0.05, 0.1) is 5.56 Å². The third-order valence-corrected chi connectivity index (χ3v) is 6.76. The van der Waals surface area contributed by atoms with Crippen molar-refractivity contribution < 1.29 is 14.0 Å². The number of fused-ring (bicyclic) bond motifs is 1. The summed E-state index contributed by atoms with van der Waals surface area (Å²) in [6, 6.07) is 5.42. The van der Waals surface area contributed by atoms with Crippen LogP contribution in [-0.2, 0) is 12.8 Å². The number of amides is 2. The van der Waals surface area contributed by atoms with E-state index >= 15 is 0 Å². The van der Waals surface area contributed by atoms with E-state index < -0.39 is 0 Å². The van der Waals surface area contributed by atoms with Crippen molar-refractivity contribution in [3.05, 3.63) is 51.7 Å². The number of hydrogen-bond donors (Lipinski definition) is 2. The average molecular weight is 417 g/mol. The fourth-order valence-electron chi connectivity index (χ4n) is 3.76. The Labute approximate surface area is 175 Å². The van der Waals surface area contributed by atoms with E-state index in [1.165, 1.54) is 40.5 Å². The Morgan fingerprint density at radius 2 is 1.86 bits per heavy atom. The van der Waals surface area contributed by atoms with Gasteiger partial charge in [0.15, 0.2) is 0 Å². The summed E-state index contributed by atoms with van der Waals surface area (Å²) in [6.45, 7) is 9.36. The van der Waals surface area contributed by atoms with Crippen LogP contribution in [0.15, 0.2) is 24.3 Å². The minimum Gasteiger partial charge on any atom is -0.352 e. The first-order valence-electron chi connectivity index (χ1n) is 10.2. The zero-order chi connectivity index (χ0) is 21.2. The van der Waals surface area contributed by atoms with Crippen LogP contribution in [0.1, 0.15) is 71.7 Å². The second-order valence-electron chi connectivity index (χ2n) is 8.73. The van der Waals surface area contributed by atoms with Gasteiger partial charge in [-0.2, -0.15) is 0 Å². The van der Waals surface area contributed by atoms with Crippen LogP contribution in [0.4, 0.5) is 9.39 Å². The predicted octanol–water partition coefficient (Wildman–Crippen LogP) is 5.43. The van der Waals surface area contributed by atoms with E-state index in [-0.39, 0.29) is 23.0 Å². The van der Waals surface area contributed by atoms with Crippen LogP contribution in [0.25, 0.3) is 0 Å². The van der Waals surface area contributed by atoms with Gasteiger partial charge >= 0.3 is 0 Å². The summed E-state index contributed by atoms with van der Waals surface area (Å²) in [4.78, 5) is 26.8. The van der Waals surface area contributed by atoms with E-state index in [4.69, 9.17) is 0 Å². The van der Waals surface area contributed by atoms with Crippen molar-refractivity contribution in [1.29, 1.82) is 0 Å². The number of hydrogen-bond acceptors (Lipinski definition) is 3. The van der Waals surface area contributed by atoms with E-state index in [1.807, 2.05) is 6.92 Å². The molecule has 0 radical (unpaired) electrons. The molecule has 0 saturated heterocycles. The predicted molar refractivity (Wildman–Crippen MR) is 116 cm³/mol. The third-order valence-electron chi connectivity index (χ3n) is 5.59. The van der Waals surface area contributed by atoms with Gasteiger partial charge in [-0.1, -0.05) is 27.7 Å². The van der Waals surface area contributed by atoms with Crippen molar-refractivity contribution in [2.45, 2.75) is 53.4 Å². The van der Waals surface area contributed by atoms with Gasteiger partial charge in [-0.3, -0.25) is 9.59 Å². The first kappa shape index (κ1) is 21.5. The molecule has 1 aromatic heterocycles. The fourth-order valence-corrected chi connectivity index (χ4v) is 5.08. The number of rotatable bonds is 5. The number of carbonyl (C=O) groups is 2. The number of carbonyl (C=O) groups excluding carboxylic acids is 2. The molecule has 0 spiro atoms. The molecule has 0 aliphatic heterocycles. The molecule has 156 valence electrons. The molecule has 2 N–H and O–H groups in total. The smallest absolute Gasteiger partial charge is 0.256 e. The summed E-state index contributed by atoms with van der Waals surface area (Å²) in [6.07, 6.45) is 3.65. The molecular weight excluding hydrogens is 387 g/mol. The Balaban J connectivity index is 1.92. The van der Waals surface area contributed by atoms with Crippen molar-refractivity contribution in [2.75, 3.05) is 11.9 Å². The van der Waals surface area contributed by atoms with Crippen LogP contribution in [-0.4, -0.2) is 18.4 Å². The number of benzene rings is 1. The minimum absolute atomic E-state index is 0.132. The molecule has 1 aromatic carbocycles. The van der Waals surface area contributed by atoms with E-state index in [2.05, 4.69) is 31.4 Å². The Morgan fingerprint density at radius 3 is 2.48 bits per heavy atom. The molecule has 4 nitrogen and oxygen atoms in total. The van der Waals surface area contributed by atoms with Gasteiger partial charge < -0.3 is 10.6 Å². The van der Waals surface area contributed by atoms with E-state index in [0.717, 1.165) is 31.2 Å². The van der Waals surface area contributed by atoms with Gasteiger partial charge in [-0.15, -0.1) is 11.3 Å². The summed E-state index contributed by atoms with van der Waals surface area (Å²) < 4.78 is 13.2. The van der Waals surface area contributed by atoms with Crippen molar-refractivity contribution in [1.82, 2.24) is 5.32 Å². The van der Waals surface area contributed by atoms with Crippen molar-refractivity contribution in [3.63, 3.8) is 0 Å². The first-order chi connectivity index (χ1) is 13.7. The van der Waals surface area contributed by atoms with Gasteiger partial charge in [0.2, 0.25) is 0 Å². The van der Waals surface area contributed by atoms with Gasteiger partial charge in [0.1, 0.15) is 10.8 Å². The lowest BCUT2D eigenvalue weighted by atomic mass is 9.72. The Kier molecular flexibility index (Phi) is 6.42. The highest BCUT2D eigenvalue weighted by Gasteiger charge is 2.34. The summed E-state index contributed by atoms with van der Waals surface area (Å²) in [5, 5.41) is 6.46. The molecular formula is C23H29FN2O2S. The Hall–Kier alpha value is -2.21. The first-order valence-corrected chi connectivity index (χ1v) is 11.0. The highest BCUT2D eigenvalue weighted by molar-refractivity contribution is 7.17. The second kappa shape index (κ2) is 8.66. The van der Waals surface area contributed by atoms with Gasteiger partial charge in [-0.25, -0.2) is 4.39 Å². The largest absolute Gasteiger partial charge is 0.352 e. The van der Waals surface area contributed by atoms with Crippen molar-refractivity contribution in [3.8, 4) is 0 Å². The lowest BCUT2D eigenvalue weighted by Crippen LogP contribution is -2.29. The average Bonchev–Trinajstić information content (AvgIpc) is 3.02. The maximum atomic E-state index is 13.2. The maximum absolute atomic E-state index is 13.2. The molecule has 2 amide bonds. The molecule has 0 fully saturated rings. The summed E-state index contributed by atoms with van der Waals surface area (Å²) in [5.74, 6) is -0.310. The molecule has 6 heteroatoms. The van der Waals surface area contributed by atoms with Gasteiger partial charge in [0.25, 0.3) is 11.8 Å². The van der Waals surface area contributed by atoms with E-state index in [9.17, 15) is 14.0 Å². The SMILES string of the molecule is CCCNC(=O)c1c(NC(=O)c2ccc(F)cc2)sc2c1CC[C@H](C(C)(C)C)C2. The molecule has 1 atom stereocenters. The number of halogens is 1. The molecule has 1 aliphatic carbocycles. The Morgan fingerprint density at radius 1 is 1.17 bits per heavy atom. The highest BCUT2D eigenvalue weighted by atomic mass is 32.1. The highest BCUT2D eigenvalue weighted by Crippen LogP contribution is 2.44. The van der Waals surface area contributed by atoms with Crippen LogP contribution in [0.5, 0.6) is 0 Å². The number of thiophene rings is 1. The monoisotopic (exact) mass is 416 g/mol. The van der Waals surface area contributed by atoms with Crippen LogP contribution < -0.4 is 10.6 Å². The zero-order valence-electron chi connectivity index (χ0n) is 17.5. The molecule has 29 heavy (non-hydrogen) atoms. The Bertz CT molecular complexity index is 897. The van der Waals surface area contributed by atoms with Gasteiger partial charge in [0, 0.05) is 17.0 Å². The standard InChI is InChI=1S/C23H29FN2O2S/c1-5-12-25-21(28)19-17-11-8-15(23(2,3)4)13-18(17)29-22(19)26-20(27)14-6-9-16(24)10-7-14/h6-7,9-10,15H,5,8,11-13H2,1-4H3,(H,25,28)(H,26,27)/t15-/m0/s1. The number of anilines is 1. The second-order valence-corrected chi connectivity index (χ2v) is 9.84. The fraction of sp³-hybridized carbons (Fsp3) is 0.478. The van der Waals surface area contributed by atoms with Crippen LogP contribution in [0.2, 0.25) is 0 Å². The molecule has 1 aliphatic rings. The topological polar surface area (TPSA) is 58.2 Å². The normalized spacial score (nSPS) is 16.2. The van der Waals surface area contributed by atoms with Crippen LogP contribution in [0, 0.1) is 17.2 Å². The zero-order valence-corrected chi connectivity index (χ0v) is 18.3. The lowest BCUT2D eigenvalue weighted by Gasteiger charge is -2.33. The molecule has 0 unspecified atom stereocenters. The quantitative estimate of drug-likeness (QED) is 0.683. The van der Waals surface area contributed by atoms with Crippen LogP contribution >= 0.6 is 11.3 Å². The van der Waals surface area contributed by atoms with Crippen molar-refractivity contribution in [2.24, 2.45) is 11.3 Å². The molecule has 2 aromatic rings. The molecule has 3 rings (SSSR count). The minimum atomic E-state index is -0.388. The molecule has 0 saturated carbocycles. The van der Waals surface area contributed by atoms with Crippen molar-refractivity contribution >= 4 is 28.2 Å². The summed E-state index contributed by atoms with van der Waals surface area (Å²) in [7, 11) is 0. The lowest BCUT2D eigenvalue weighted by molar-refractivity contribution is 0.0953. The number of nitrogens with one attached hydrogen (secondary N) is 2. The van der Waals surface area contributed by atoms with E-state index in [1.54, 1.807) is 0 Å².